The molecule has 1 aromatic carbocycles. The topological polar surface area (TPSA) is 47.7 Å². The van der Waals surface area contributed by atoms with Gasteiger partial charge in [-0.05, 0) is 49.9 Å². The summed E-state index contributed by atoms with van der Waals surface area (Å²) in [6.45, 7) is 4.82. The first-order valence-corrected chi connectivity index (χ1v) is 8.88. The van der Waals surface area contributed by atoms with Crippen molar-refractivity contribution in [2.75, 3.05) is 33.4 Å². The van der Waals surface area contributed by atoms with Crippen molar-refractivity contribution in [3.8, 4) is 5.75 Å². The molecule has 0 radical (unpaired) electrons. The maximum absolute atomic E-state index is 6.16. The second-order valence-electron chi connectivity index (χ2n) is 7.36. The molecule has 1 aromatic rings. The van der Waals surface area contributed by atoms with Crippen molar-refractivity contribution in [3.63, 3.8) is 0 Å². The molecule has 1 aliphatic heterocycles. The SMILES string of the molecule is COCc1cccc(OCC2(CN3CCCC(N)C3)CCC2)c1. The molecule has 4 heteroatoms. The van der Waals surface area contributed by atoms with E-state index in [0.29, 0.717) is 18.1 Å². The average Bonchev–Trinajstić information content (AvgIpc) is 2.51. The molecule has 1 heterocycles. The lowest BCUT2D eigenvalue weighted by atomic mass is 9.69. The summed E-state index contributed by atoms with van der Waals surface area (Å²) in [5, 5.41) is 0. The zero-order valence-electron chi connectivity index (χ0n) is 14.3. The third-order valence-electron chi connectivity index (χ3n) is 5.27. The highest BCUT2D eigenvalue weighted by molar-refractivity contribution is 5.28. The van der Waals surface area contributed by atoms with Gasteiger partial charge in [0.25, 0.3) is 0 Å². The summed E-state index contributed by atoms with van der Waals surface area (Å²) in [4.78, 5) is 2.55. The van der Waals surface area contributed by atoms with Gasteiger partial charge >= 0.3 is 0 Å². The summed E-state index contributed by atoms with van der Waals surface area (Å²) in [6.07, 6.45) is 6.28. The minimum Gasteiger partial charge on any atom is -0.493 e. The summed E-state index contributed by atoms with van der Waals surface area (Å²) in [7, 11) is 1.72. The maximum atomic E-state index is 6.16. The molecule has 128 valence electrons. The molecule has 0 spiro atoms. The zero-order valence-corrected chi connectivity index (χ0v) is 14.3. The number of likely N-dealkylation sites (tertiary alicyclic amines) is 1. The third kappa shape index (κ3) is 4.46. The van der Waals surface area contributed by atoms with E-state index in [9.17, 15) is 0 Å². The third-order valence-corrected chi connectivity index (χ3v) is 5.27. The Labute approximate surface area is 139 Å². The predicted molar refractivity (Wildman–Crippen MR) is 92.6 cm³/mol. The minimum atomic E-state index is 0.328. The van der Waals surface area contributed by atoms with Gasteiger partial charge in [0.1, 0.15) is 5.75 Å². The van der Waals surface area contributed by atoms with E-state index in [4.69, 9.17) is 15.2 Å². The molecule has 1 atom stereocenters. The van der Waals surface area contributed by atoms with Crippen molar-refractivity contribution in [1.82, 2.24) is 4.90 Å². The van der Waals surface area contributed by atoms with Gasteiger partial charge in [0.05, 0.1) is 13.2 Å². The van der Waals surface area contributed by atoms with Crippen molar-refractivity contribution in [3.05, 3.63) is 29.8 Å². The van der Waals surface area contributed by atoms with Gasteiger partial charge in [-0.15, -0.1) is 0 Å². The monoisotopic (exact) mass is 318 g/mol. The first-order valence-electron chi connectivity index (χ1n) is 8.88. The molecule has 0 aromatic heterocycles. The second-order valence-corrected chi connectivity index (χ2v) is 7.36. The lowest BCUT2D eigenvalue weighted by Gasteiger charge is -2.46. The first kappa shape index (κ1) is 16.7. The van der Waals surface area contributed by atoms with E-state index in [-0.39, 0.29) is 0 Å². The molecule has 0 amide bonds. The Bertz CT molecular complexity index is 502. The number of hydrogen-bond donors (Lipinski definition) is 1. The summed E-state index contributed by atoms with van der Waals surface area (Å²) in [5.74, 6) is 0.959. The van der Waals surface area contributed by atoms with Gasteiger partial charge in [-0.2, -0.15) is 0 Å². The largest absolute Gasteiger partial charge is 0.493 e. The van der Waals surface area contributed by atoms with Crippen LogP contribution in [-0.4, -0.2) is 44.3 Å². The fourth-order valence-electron chi connectivity index (χ4n) is 3.86. The smallest absolute Gasteiger partial charge is 0.119 e. The van der Waals surface area contributed by atoms with Crippen molar-refractivity contribution in [2.24, 2.45) is 11.1 Å². The van der Waals surface area contributed by atoms with E-state index in [1.807, 2.05) is 12.1 Å². The van der Waals surface area contributed by atoms with Crippen LogP contribution in [0.5, 0.6) is 5.75 Å². The predicted octanol–water partition coefficient (Wildman–Crippen LogP) is 2.81. The van der Waals surface area contributed by atoms with Gasteiger partial charge in [-0.1, -0.05) is 18.6 Å². The maximum Gasteiger partial charge on any atom is 0.119 e. The Morgan fingerprint density at radius 1 is 1.30 bits per heavy atom. The average molecular weight is 318 g/mol. The van der Waals surface area contributed by atoms with Crippen molar-refractivity contribution in [2.45, 2.75) is 44.8 Å². The van der Waals surface area contributed by atoms with Crippen LogP contribution < -0.4 is 10.5 Å². The van der Waals surface area contributed by atoms with Crippen LogP contribution in [0.3, 0.4) is 0 Å². The van der Waals surface area contributed by atoms with Crippen LogP contribution in [0, 0.1) is 5.41 Å². The van der Waals surface area contributed by atoms with E-state index in [1.54, 1.807) is 7.11 Å². The number of ether oxygens (including phenoxy) is 2. The quantitative estimate of drug-likeness (QED) is 0.840. The van der Waals surface area contributed by atoms with Crippen LogP contribution in [0.25, 0.3) is 0 Å². The van der Waals surface area contributed by atoms with Crippen LogP contribution in [0.15, 0.2) is 24.3 Å². The molecule has 4 nitrogen and oxygen atoms in total. The Balaban J connectivity index is 1.55. The molecule has 2 fully saturated rings. The fourth-order valence-corrected chi connectivity index (χ4v) is 3.86. The summed E-state index contributed by atoms with van der Waals surface area (Å²) >= 11 is 0. The van der Waals surface area contributed by atoms with E-state index in [0.717, 1.165) is 31.0 Å². The number of nitrogens with two attached hydrogens (primary N) is 1. The van der Waals surface area contributed by atoms with Gasteiger partial charge in [-0.25, -0.2) is 0 Å². The molecule has 0 bridgehead atoms. The summed E-state index contributed by atoms with van der Waals surface area (Å²) in [5.41, 5.74) is 7.62. The molecule has 2 aliphatic rings. The van der Waals surface area contributed by atoms with Crippen LogP contribution in [0.2, 0.25) is 0 Å². The van der Waals surface area contributed by atoms with Crippen LogP contribution in [-0.2, 0) is 11.3 Å². The summed E-state index contributed by atoms with van der Waals surface area (Å²) in [6, 6.07) is 8.60. The van der Waals surface area contributed by atoms with Gasteiger partial charge in [0.15, 0.2) is 0 Å². The zero-order chi connectivity index (χ0) is 16.1. The molecule has 23 heavy (non-hydrogen) atoms. The molecule has 1 aliphatic carbocycles. The molecule has 2 N–H and O–H groups in total. The van der Waals surface area contributed by atoms with E-state index in [2.05, 4.69) is 17.0 Å². The molecule has 1 unspecified atom stereocenters. The molecule has 3 rings (SSSR count). The molecule has 1 saturated carbocycles. The number of methoxy groups -OCH3 is 1. The van der Waals surface area contributed by atoms with Gasteiger partial charge in [0.2, 0.25) is 0 Å². The number of rotatable bonds is 7. The van der Waals surface area contributed by atoms with E-state index >= 15 is 0 Å². The fraction of sp³-hybridized carbons (Fsp3) is 0.684. The number of benzene rings is 1. The van der Waals surface area contributed by atoms with Crippen LogP contribution in [0.4, 0.5) is 0 Å². The highest BCUT2D eigenvalue weighted by atomic mass is 16.5. The summed E-state index contributed by atoms with van der Waals surface area (Å²) < 4.78 is 11.4. The molecule has 1 saturated heterocycles. The Kier molecular flexibility index (Phi) is 5.57. The Morgan fingerprint density at radius 3 is 2.87 bits per heavy atom. The lowest BCUT2D eigenvalue weighted by molar-refractivity contribution is 0.0101. The van der Waals surface area contributed by atoms with E-state index < -0.39 is 0 Å². The second kappa shape index (κ2) is 7.65. The highest BCUT2D eigenvalue weighted by Crippen LogP contribution is 2.42. The van der Waals surface area contributed by atoms with Gasteiger partial charge in [-0.3, -0.25) is 0 Å². The van der Waals surface area contributed by atoms with Crippen LogP contribution in [0.1, 0.15) is 37.7 Å². The highest BCUT2D eigenvalue weighted by Gasteiger charge is 2.40. The molecular formula is C19H30N2O2. The first-order chi connectivity index (χ1) is 11.2. The van der Waals surface area contributed by atoms with Gasteiger partial charge < -0.3 is 20.1 Å². The standard InChI is InChI=1S/C19H30N2O2/c1-22-13-16-5-2-7-18(11-16)23-15-19(8-4-9-19)14-21-10-3-6-17(20)12-21/h2,5,7,11,17H,3-4,6,8-10,12-15,20H2,1H3. The number of nitrogens with zero attached hydrogens (tertiary/aromatic N) is 1. The molecular weight excluding hydrogens is 288 g/mol. The van der Waals surface area contributed by atoms with Crippen molar-refractivity contribution < 1.29 is 9.47 Å². The van der Waals surface area contributed by atoms with Crippen molar-refractivity contribution >= 4 is 0 Å². The minimum absolute atomic E-state index is 0.328. The lowest BCUT2D eigenvalue weighted by Crippen LogP contribution is -2.51. The normalized spacial score (nSPS) is 24.2. The van der Waals surface area contributed by atoms with Gasteiger partial charge in [0, 0.05) is 31.7 Å². The number of piperidine rings is 1. The van der Waals surface area contributed by atoms with Crippen LogP contribution >= 0.6 is 0 Å². The number of hydrogen-bond acceptors (Lipinski definition) is 4. The Morgan fingerprint density at radius 2 is 2.17 bits per heavy atom. The van der Waals surface area contributed by atoms with E-state index in [1.165, 1.54) is 38.6 Å². The van der Waals surface area contributed by atoms with Crippen molar-refractivity contribution in [1.29, 1.82) is 0 Å². The Hall–Kier alpha value is -1.10.